The largest absolute Gasteiger partial charge is 0.351 e. The SMILES string of the molecule is O=[N+]([O-])c1ccc(Sc2ccc(N3C(=S)N[C@@H](c4ccccn4)[C@H]3c3cccn3-c3cccc(Br)c3)cc2)cc1. The Balaban J connectivity index is 1.36. The van der Waals surface area contributed by atoms with Crippen LogP contribution in [0, 0.1) is 10.1 Å². The number of aromatic nitrogens is 2. The number of anilines is 1. The van der Waals surface area contributed by atoms with Gasteiger partial charge >= 0.3 is 0 Å². The third kappa shape index (κ3) is 5.25. The van der Waals surface area contributed by atoms with E-state index in [0.717, 1.165) is 37.0 Å². The van der Waals surface area contributed by atoms with E-state index in [4.69, 9.17) is 12.2 Å². The van der Waals surface area contributed by atoms with Crippen LogP contribution in [0.3, 0.4) is 0 Å². The highest BCUT2D eigenvalue weighted by Gasteiger charge is 2.42. The number of nitrogens with one attached hydrogen (secondary N) is 1. The van der Waals surface area contributed by atoms with Crippen molar-refractivity contribution in [3.63, 3.8) is 0 Å². The summed E-state index contributed by atoms with van der Waals surface area (Å²) in [6.45, 7) is 0. The van der Waals surface area contributed by atoms with Crippen molar-refractivity contribution in [3.05, 3.63) is 141 Å². The molecule has 1 fully saturated rings. The summed E-state index contributed by atoms with van der Waals surface area (Å²) in [6.07, 6.45) is 3.87. The van der Waals surface area contributed by atoms with Crippen molar-refractivity contribution in [3.8, 4) is 5.69 Å². The Hall–Kier alpha value is -3.99. The molecule has 5 aromatic rings. The molecule has 1 N–H and O–H groups in total. The van der Waals surface area contributed by atoms with E-state index >= 15 is 0 Å². The van der Waals surface area contributed by atoms with Gasteiger partial charge in [-0.15, -0.1) is 0 Å². The first-order chi connectivity index (χ1) is 19.5. The highest BCUT2D eigenvalue weighted by Crippen LogP contribution is 2.43. The first-order valence-corrected chi connectivity index (χ1v) is 14.5. The number of halogens is 1. The smallest absolute Gasteiger partial charge is 0.269 e. The molecule has 0 bridgehead atoms. The van der Waals surface area contributed by atoms with E-state index in [1.807, 2.05) is 42.5 Å². The van der Waals surface area contributed by atoms with Crippen LogP contribution in [0.4, 0.5) is 11.4 Å². The molecule has 10 heteroatoms. The molecule has 3 heterocycles. The van der Waals surface area contributed by atoms with Crippen LogP contribution in [0.25, 0.3) is 5.69 Å². The third-order valence-corrected chi connectivity index (χ3v) is 8.49. The molecule has 2 aromatic heterocycles. The fourth-order valence-electron chi connectivity index (χ4n) is 4.88. The number of thiocarbonyl (C=S) groups is 1. The van der Waals surface area contributed by atoms with E-state index in [2.05, 4.69) is 78.3 Å². The average Bonchev–Trinajstić information content (AvgIpc) is 3.59. The maximum atomic E-state index is 11.0. The van der Waals surface area contributed by atoms with Gasteiger partial charge < -0.3 is 14.8 Å². The van der Waals surface area contributed by atoms with Crippen molar-refractivity contribution in [1.82, 2.24) is 14.9 Å². The molecule has 1 saturated heterocycles. The Morgan fingerprint density at radius 1 is 0.900 bits per heavy atom. The predicted molar refractivity (Wildman–Crippen MR) is 165 cm³/mol. The lowest BCUT2D eigenvalue weighted by molar-refractivity contribution is -0.384. The second-order valence-corrected chi connectivity index (χ2v) is 11.6. The molecule has 1 aliphatic heterocycles. The zero-order valence-electron chi connectivity index (χ0n) is 20.9. The van der Waals surface area contributed by atoms with Gasteiger partial charge in [-0.3, -0.25) is 15.1 Å². The highest BCUT2D eigenvalue weighted by atomic mass is 79.9. The molecular weight excluding hydrogens is 606 g/mol. The topological polar surface area (TPSA) is 76.2 Å². The van der Waals surface area contributed by atoms with Crippen molar-refractivity contribution in [2.45, 2.75) is 21.9 Å². The van der Waals surface area contributed by atoms with Crippen LogP contribution in [0.5, 0.6) is 0 Å². The van der Waals surface area contributed by atoms with Crippen LogP contribution in [0.15, 0.2) is 130 Å². The van der Waals surface area contributed by atoms with E-state index in [9.17, 15) is 10.1 Å². The van der Waals surface area contributed by atoms with Gasteiger partial charge in [0.05, 0.1) is 16.7 Å². The monoisotopic (exact) mass is 627 g/mol. The summed E-state index contributed by atoms with van der Waals surface area (Å²) in [5, 5.41) is 15.1. The van der Waals surface area contributed by atoms with Crippen molar-refractivity contribution in [2.24, 2.45) is 0 Å². The summed E-state index contributed by atoms with van der Waals surface area (Å²) in [6, 6.07) is 32.8. The lowest BCUT2D eigenvalue weighted by Crippen LogP contribution is -2.30. The van der Waals surface area contributed by atoms with Crippen molar-refractivity contribution in [2.75, 3.05) is 4.90 Å². The van der Waals surface area contributed by atoms with Crippen LogP contribution in [0.2, 0.25) is 0 Å². The van der Waals surface area contributed by atoms with Crippen molar-refractivity contribution >= 4 is 56.4 Å². The predicted octanol–water partition coefficient (Wildman–Crippen LogP) is 7.87. The molecule has 0 radical (unpaired) electrons. The maximum Gasteiger partial charge on any atom is 0.269 e. The number of pyridine rings is 1. The Labute approximate surface area is 249 Å². The van der Waals surface area contributed by atoms with E-state index in [1.165, 1.54) is 12.1 Å². The fraction of sp³-hybridized carbons (Fsp3) is 0.0667. The van der Waals surface area contributed by atoms with Gasteiger partial charge in [0.1, 0.15) is 6.04 Å². The normalized spacial score (nSPS) is 16.6. The molecule has 0 amide bonds. The van der Waals surface area contributed by atoms with Gasteiger partial charge in [-0.25, -0.2) is 0 Å². The number of hydrogen-bond donors (Lipinski definition) is 1. The van der Waals surface area contributed by atoms with Gasteiger partial charge in [-0.1, -0.05) is 39.8 Å². The first-order valence-electron chi connectivity index (χ1n) is 12.4. The summed E-state index contributed by atoms with van der Waals surface area (Å²) in [5.74, 6) is 0. The minimum absolute atomic E-state index is 0.0795. The zero-order valence-corrected chi connectivity index (χ0v) is 24.1. The summed E-state index contributed by atoms with van der Waals surface area (Å²) >= 11 is 11.1. The fourth-order valence-corrected chi connectivity index (χ4v) is 6.43. The summed E-state index contributed by atoms with van der Waals surface area (Å²) in [4.78, 5) is 19.3. The van der Waals surface area contributed by atoms with E-state index in [1.54, 1.807) is 30.1 Å². The van der Waals surface area contributed by atoms with Crippen LogP contribution >= 0.6 is 39.9 Å². The second kappa shape index (κ2) is 11.2. The summed E-state index contributed by atoms with van der Waals surface area (Å²) in [7, 11) is 0. The van der Waals surface area contributed by atoms with Crippen LogP contribution in [-0.4, -0.2) is 19.6 Å². The van der Waals surface area contributed by atoms with Gasteiger partial charge in [-0.2, -0.15) is 0 Å². The lowest BCUT2D eigenvalue weighted by atomic mass is 10.0. The summed E-state index contributed by atoms with van der Waals surface area (Å²) in [5.41, 5.74) is 4.06. The second-order valence-electron chi connectivity index (χ2n) is 9.13. The molecule has 198 valence electrons. The van der Waals surface area contributed by atoms with Crippen molar-refractivity contribution in [1.29, 1.82) is 0 Å². The number of non-ortho nitro benzene ring substituents is 1. The maximum absolute atomic E-state index is 11.0. The molecule has 40 heavy (non-hydrogen) atoms. The standard InChI is InChI=1S/C30H22BrN5O2S2/c31-20-5-3-6-23(19-20)34-18-4-8-27(34)29-28(26-7-1-2-17-32-26)33-30(39)35(29)21-9-13-24(14-10-21)40-25-15-11-22(12-16-25)36(37)38/h1-19,28-29H,(H,33,39)/t28-,29+/m0/s1. The molecule has 0 aliphatic carbocycles. The first kappa shape index (κ1) is 26.2. The Morgan fingerprint density at radius 2 is 1.65 bits per heavy atom. The minimum Gasteiger partial charge on any atom is -0.351 e. The molecule has 2 atom stereocenters. The van der Waals surface area contributed by atoms with Crippen LogP contribution < -0.4 is 10.2 Å². The van der Waals surface area contributed by atoms with E-state index < -0.39 is 4.92 Å². The Morgan fingerprint density at radius 3 is 2.33 bits per heavy atom. The zero-order chi connectivity index (χ0) is 27.6. The third-order valence-electron chi connectivity index (χ3n) is 6.67. The van der Waals surface area contributed by atoms with Gasteiger partial charge in [-0.05, 0) is 91.1 Å². The van der Waals surface area contributed by atoms with Gasteiger partial charge in [0.15, 0.2) is 5.11 Å². The number of nitro benzene ring substituents is 1. The highest BCUT2D eigenvalue weighted by molar-refractivity contribution is 9.10. The van der Waals surface area contributed by atoms with Crippen LogP contribution in [0.1, 0.15) is 23.5 Å². The van der Waals surface area contributed by atoms with Crippen molar-refractivity contribution < 1.29 is 4.92 Å². The molecule has 3 aromatic carbocycles. The molecule has 0 unspecified atom stereocenters. The number of nitro groups is 1. The lowest BCUT2D eigenvalue weighted by Gasteiger charge is -2.29. The Bertz CT molecular complexity index is 1680. The number of benzene rings is 3. The number of nitrogens with zero attached hydrogens (tertiary/aromatic N) is 4. The molecule has 6 rings (SSSR count). The summed E-state index contributed by atoms with van der Waals surface area (Å²) < 4.78 is 3.19. The van der Waals surface area contributed by atoms with E-state index in [0.29, 0.717) is 5.11 Å². The van der Waals surface area contributed by atoms with Gasteiger partial charge in [0.25, 0.3) is 5.69 Å². The molecule has 7 nitrogen and oxygen atoms in total. The minimum atomic E-state index is -0.391. The van der Waals surface area contributed by atoms with Crippen LogP contribution in [-0.2, 0) is 0 Å². The average molecular weight is 629 g/mol. The van der Waals surface area contributed by atoms with E-state index in [-0.39, 0.29) is 17.8 Å². The Kier molecular flexibility index (Phi) is 7.38. The molecule has 0 spiro atoms. The number of rotatable bonds is 7. The molecule has 1 aliphatic rings. The molecular formula is C30H22BrN5O2S2. The van der Waals surface area contributed by atoms with Gasteiger partial charge in [0, 0.05) is 55.9 Å². The van der Waals surface area contributed by atoms with Gasteiger partial charge in [0.2, 0.25) is 0 Å². The molecule has 0 saturated carbocycles. The number of hydrogen-bond acceptors (Lipinski definition) is 5. The quantitative estimate of drug-likeness (QED) is 0.112.